The van der Waals surface area contributed by atoms with Crippen molar-refractivity contribution in [1.29, 1.82) is 0 Å². The summed E-state index contributed by atoms with van der Waals surface area (Å²) < 4.78 is 0. The van der Waals surface area contributed by atoms with E-state index in [0.717, 1.165) is 23.1 Å². The average molecular weight is 159 g/mol. The molecule has 0 aromatic heterocycles. The Morgan fingerprint density at radius 1 is 1.50 bits per heavy atom. The molecule has 2 rings (SSSR count). The van der Waals surface area contributed by atoms with Crippen molar-refractivity contribution in [2.24, 2.45) is 4.99 Å². The van der Waals surface area contributed by atoms with Crippen LogP contribution in [0.4, 0.5) is 5.69 Å². The van der Waals surface area contributed by atoms with Gasteiger partial charge in [0, 0.05) is 17.7 Å². The summed E-state index contributed by atoms with van der Waals surface area (Å²) in [5.74, 6) is 0.347. The van der Waals surface area contributed by atoms with Gasteiger partial charge in [-0.2, -0.15) is 0 Å². The Balaban J connectivity index is 2.54. The van der Waals surface area contributed by atoms with Gasteiger partial charge in [-0.1, -0.05) is 6.92 Å². The number of carbonyl (C=O) groups excluding carboxylic acids is 1. The van der Waals surface area contributed by atoms with Crippen LogP contribution in [-0.2, 0) is 0 Å². The van der Waals surface area contributed by atoms with E-state index in [9.17, 15) is 4.79 Å². The lowest BCUT2D eigenvalue weighted by Crippen LogP contribution is -1.89. The van der Waals surface area contributed by atoms with Crippen molar-refractivity contribution in [3.05, 3.63) is 29.3 Å². The Labute approximate surface area is 70.9 Å². The molecule has 2 nitrogen and oxygen atoms in total. The molecule has 0 N–H and O–H groups in total. The number of aldehydes is 1. The molecule has 2 heteroatoms. The quantitative estimate of drug-likeness (QED) is 0.578. The molecule has 0 spiro atoms. The third-order valence-corrected chi connectivity index (χ3v) is 2.12. The van der Waals surface area contributed by atoms with Gasteiger partial charge in [-0.05, 0) is 23.8 Å². The molecular weight excluding hydrogens is 150 g/mol. The number of aliphatic imine (C=N–C) groups is 1. The van der Waals surface area contributed by atoms with Crippen molar-refractivity contribution >= 4 is 18.2 Å². The van der Waals surface area contributed by atoms with Crippen LogP contribution in [0.25, 0.3) is 0 Å². The highest BCUT2D eigenvalue weighted by atomic mass is 16.1. The number of fused-ring (bicyclic) bond motifs is 1. The summed E-state index contributed by atoms with van der Waals surface area (Å²) in [6, 6.07) is 5.58. The van der Waals surface area contributed by atoms with E-state index in [0.29, 0.717) is 5.92 Å². The summed E-state index contributed by atoms with van der Waals surface area (Å²) in [6.07, 6.45) is 2.77. The third kappa shape index (κ3) is 0.961. The minimum absolute atomic E-state index is 0.347. The number of carbonyl (C=O) groups is 1. The summed E-state index contributed by atoms with van der Waals surface area (Å²) in [6.45, 7) is 2.07. The molecular formula is C10H9NO. The summed E-state index contributed by atoms with van der Waals surface area (Å²) in [5, 5.41) is 0. The van der Waals surface area contributed by atoms with E-state index in [4.69, 9.17) is 0 Å². The number of rotatable bonds is 1. The van der Waals surface area contributed by atoms with E-state index in [2.05, 4.69) is 11.9 Å². The summed E-state index contributed by atoms with van der Waals surface area (Å²) in [5.41, 5.74) is 2.87. The van der Waals surface area contributed by atoms with Crippen LogP contribution in [0, 0.1) is 0 Å². The Bertz CT molecular complexity index is 355. The first kappa shape index (κ1) is 7.22. The molecule has 1 unspecified atom stereocenters. The Morgan fingerprint density at radius 2 is 2.33 bits per heavy atom. The molecule has 1 aromatic rings. The monoisotopic (exact) mass is 159 g/mol. The summed E-state index contributed by atoms with van der Waals surface area (Å²) in [7, 11) is 0. The SMILES string of the molecule is CC1C=Nc2ccc(C=O)cc21. The van der Waals surface area contributed by atoms with Crippen LogP contribution in [-0.4, -0.2) is 12.5 Å². The van der Waals surface area contributed by atoms with E-state index in [1.54, 1.807) is 6.07 Å². The fraction of sp³-hybridized carbons (Fsp3) is 0.200. The van der Waals surface area contributed by atoms with E-state index >= 15 is 0 Å². The second kappa shape index (κ2) is 2.55. The summed E-state index contributed by atoms with van der Waals surface area (Å²) in [4.78, 5) is 14.7. The molecule has 60 valence electrons. The molecule has 1 heterocycles. The fourth-order valence-corrected chi connectivity index (χ4v) is 1.40. The molecule has 0 bridgehead atoms. The molecule has 12 heavy (non-hydrogen) atoms. The molecule has 0 saturated carbocycles. The highest BCUT2D eigenvalue weighted by molar-refractivity contribution is 5.84. The van der Waals surface area contributed by atoms with Gasteiger partial charge in [0.05, 0.1) is 5.69 Å². The first-order valence-electron chi connectivity index (χ1n) is 3.94. The van der Waals surface area contributed by atoms with Gasteiger partial charge in [0.2, 0.25) is 0 Å². The predicted octanol–water partition coefficient (Wildman–Crippen LogP) is 2.32. The van der Waals surface area contributed by atoms with Crippen molar-refractivity contribution in [3.8, 4) is 0 Å². The topological polar surface area (TPSA) is 29.4 Å². The van der Waals surface area contributed by atoms with Crippen molar-refractivity contribution in [3.63, 3.8) is 0 Å². The predicted molar refractivity (Wildman–Crippen MR) is 48.4 cm³/mol. The second-order valence-electron chi connectivity index (χ2n) is 3.00. The first-order valence-corrected chi connectivity index (χ1v) is 3.94. The van der Waals surface area contributed by atoms with Gasteiger partial charge in [-0.3, -0.25) is 9.79 Å². The van der Waals surface area contributed by atoms with Crippen LogP contribution < -0.4 is 0 Å². The third-order valence-electron chi connectivity index (χ3n) is 2.12. The standard InChI is InChI=1S/C10H9NO/c1-7-5-11-10-3-2-8(6-12)4-9(7)10/h2-7H,1H3. The normalized spacial score (nSPS) is 19.2. The lowest BCUT2D eigenvalue weighted by molar-refractivity contribution is 0.112. The maximum absolute atomic E-state index is 10.5. The zero-order valence-corrected chi connectivity index (χ0v) is 6.82. The van der Waals surface area contributed by atoms with Gasteiger partial charge in [0.15, 0.2) is 0 Å². The number of benzene rings is 1. The second-order valence-corrected chi connectivity index (χ2v) is 3.00. The molecule has 1 aromatic carbocycles. The summed E-state index contributed by atoms with van der Waals surface area (Å²) >= 11 is 0. The largest absolute Gasteiger partial charge is 0.298 e. The van der Waals surface area contributed by atoms with Gasteiger partial charge >= 0.3 is 0 Å². The van der Waals surface area contributed by atoms with Crippen LogP contribution in [0.3, 0.4) is 0 Å². The van der Waals surface area contributed by atoms with Crippen molar-refractivity contribution in [2.75, 3.05) is 0 Å². The lowest BCUT2D eigenvalue weighted by atomic mass is 10.0. The Hall–Kier alpha value is -1.44. The van der Waals surface area contributed by atoms with Gasteiger partial charge in [-0.15, -0.1) is 0 Å². The van der Waals surface area contributed by atoms with Gasteiger partial charge in [0.25, 0.3) is 0 Å². The van der Waals surface area contributed by atoms with Crippen LogP contribution in [0.5, 0.6) is 0 Å². The van der Waals surface area contributed by atoms with Crippen LogP contribution in [0.15, 0.2) is 23.2 Å². The van der Waals surface area contributed by atoms with Crippen molar-refractivity contribution < 1.29 is 4.79 Å². The highest BCUT2D eigenvalue weighted by Crippen LogP contribution is 2.31. The van der Waals surface area contributed by atoms with Gasteiger partial charge in [-0.25, -0.2) is 0 Å². The van der Waals surface area contributed by atoms with E-state index in [1.165, 1.54) is 0 Å². The molecule has 1 aliphatic rings. The zero-order chi connectivity index (χ0) is 8.55. The van der Waals surface area contributed by atoms with Crippen LogP contribution in [0.2, 0.25) is 0 Å². The van der Waals surface area contributed by atoms with Crippen LogP contribution >= 0.6 is 0 Å². The molecule has 0 saturated heterocycles. The molecule has 0 fully saturated rings. The van der Waals surface area contributed by atoms with Crippen molar-refractivity contribution in [1.82, 2.24) is 0 Å². The maximum Gasteiger partial charge on any atom is 0.150 e. The minimum Gasteiger partial charge on any atom is -0.298 e. The fourth-order valence-electron chi connectivity index (χ4n) is 1.40. The number of nitrogens with zero attached hydrogens (tertiary/aromatic N) is 1. The van der Waals surface area contributed by atoms with E-state index in [1.807, 2.05) is 18.3 Å². The number of hydrogen-bond donors (Lipinski definition) is 0. The smallest absolute Gasteiger partial charge is 0.150 e. The van der Waals surface area contributed by atoms with Crippen LogP contribution in [0.1, 0.15) is 28.8 Å². The number of hydrogen-bond acceptors (Lipinski definition) is 2. The molecule has 0 radical (unpaired) electrons. The zero-order valence-electron chi connectivity index (χ0n) is 6.82. The lowest BCUT2D eigenvalue weighted by Gasteiger charge is -2.01. The molecule has 1 atom stereocenters. The van der Waals surface area contributed by atoms with E-state index in [-0.39, 0.29) is 0 Å². The average Bonchev–Trinajstić information content (AvgIpc) is 2.47. The van der Waals surface area contributed by atoms with E-state index < -0.39 is 0 Å². The minimum atomic E-state index is 0.347. The molecule has 1 aliphatic heterocycles. The first-order chi connectivity index (χ1) is 5.81. The van der Waals surface area contributed by atoms with Crippen molar-refractivity contribution in [2.45, 2.75) is 12.8 Å². The molecule has 0 amide bonds. The Morgan fingerprint density at radius 3 is 3.08 bits per heavy atom. The molecule has 0 aliphatic carbocycles. The highest BCUT2D eigenvalue weighted by Gasteiger charge is 2.13. The van der Waals surface area contributed by atoms with Gasteiger partial charge < -0.3 is 0 Å². The Kier molecular flexibility index (Phi) is 1.54. The van der Waals surface area contributed by atoms with Gasteiger partial charge in [0.1, 0.15) is 6.29 Å². The maximum atomic E-state index is 10.5.